The lowest BCUT2D eigenvalue weighted by atomic mass is 10.0. The van der Waals surface area contributed by atoms with Gasteiger partial charge in [0.2, 0.25) is 0 Å². The van der Waals surface area contributed by atoms with Crippen molar-refractivity contribution < 1.29 is 24.2 Å². The first-order valence-electron chi connectivity index (χ1n) is 40.7. The Balaban J connectivity index is 3.45. The fraction of sp³-hybridized carbons (Fsp3) is 0.730. The van der Waals surface area contributed by atoms with Gasteiger partial charge in [-0.1, -0.05) is 404 Å². The van der Waals surface area contributed by atoms with Gasteiger partial charge in [0, 0.05) is 12.8 Å². The minimum atomic E-state index is -0.780. The number of hydrogen-bond acceptors (Lipinski definition) is 5. The first-order chi connectivity index (χ1) is 46.6. The standard InChI is InChI=1S/C89H154O5/c1-3-5-7-9-11-13-15-17-19-21-23-25-27-29-31-33-35-37-39-41-43-44-46-48-50-52-54-56-58-60-62-64-66-68-70-72-74-76-78-80-82-84-89(92)94-87(85-90)86-93-88(91)83-81-79-77-75-73-71-69-67-65-63-61-59-57-55-53-51-49-47-45-42-40-38-36-34-32-30-28-26-24-22-20-18-16-14-12-10-8-6-4-2/h5,7,11,13,16-19,22-25,29,31,35,37,41,43,46,48,52,54,87,90H,3-4,6,8-10,12,14-15,20-21,26-28,30,32-34,36,38-40,42,44-45,47,49-51,53,55-86H2,1-2H3/b7-5-,13-11-,18-16-,19-17-,24-22-,25-23-,31-29-,37-35-,43-41-,48-46-,54-52-. The molecule has 0 aromatic rings. The van der Waals surface area contributed by atoms with Crippen LogP contribution < -0.4 is 0 Å². The van der Waals surface area contributed by atoms with Crippen LogP contribution in [-0.2, 0) is 19.1 Å². The largest absolute Gasteiger partial charge is 0.462 e. The first kappa shape index (κ1) is 90.0. The summed E-state index contributed by atoms with van der Waals surface area (Å²) in [6, 6.07) is 0. The number of ether oxygens (including phenoxy) is 2. The summed E-state index contributed by atoms with van der Waals surface area (Å²) in [5.41, 5.74) is 0. The van der Waals surface area contributed by atoms with E-state index in [1.807, 2.05) is 0 Å². The predicted molar refractivity (Wildman–Crippen MR) is 417 cm³/mol. The highest BCUT2D eigenvalue weighted by atomic mass is 16.6. The minimum absolute atomic E-state index is 0.0669. The van der Waals surface area contributed by atoms with Gasteiger partial charge in [0.15, 0.2) is 6.10 Å². The van der Waals surface area contributed by atoms with Crippen LogP contribution in [-0.4, -0.2) is 36.4 Å². The molecule has 0 aliphatic carbocycles. The van der Waals surface area contributed by atoms with Crippen molar-refractivity contribution in [2.45, 2.75) is 405 Å². The van der Waals surface area contributed by atoms with Gasteiger partial charge >= 0.3 is 11.9 Å². The van der Waals surface area contributed by atoms with Crippen molar-refractivity contribution in [1.29, 1.82) is 0 Å². The molecule has 0 saturated carbocycles. The molecule has 0 saturated heterocycles. The monoisotopic (exact) mass is 1300 g/mol. The molecule has 94 heavy (non-hydrogen) atoms. The van der Waals surface area contributed by atoms with Crippen molar-refractivity contribution >= 4 is 11.9 Å². The summed E-state index contributed by atoms with van der Waals surface area (Å²) >= 11 is 0. The molecule has 0 heterocycles. The number of unbranched alkanes of at least 4 members (excludes halogenated alkanes) is 45. The molecule has 540 valence electrons. The molecule has 0 aromatic carbocycles. The number of carbonyl (C=O) groups excluding carboxylic acids is 2. The average molecular weight is 1300 g/mol. The Kier molecular flexibility index (Phi) is 79.8. The van der Waals surface area contributed by atoms with E-state index in [1.165, 1.54) is 270 Å². The number of rotatable bonds is 75. The zero-order valence-electron chi connectivity index (χ0n) is 62.2. The third-order valence-electron chi connectivity index (χ3n) is 17.9. The van der Waals surface area contributed by atoms with Crippen LogP contribution in [0, 0.1) is 0 Å². The van der Waals surface area contributed by atoms with Crippen molar-refractivity contribution in [3.8, 4) is 0 Å². The highest BCUT2D eigenvalue weighted by Gasteiger charge is 2.16. The molecule has 5 heteroatoms. The third-order valence-corrected chi connectivity index (χ3v) is 17.9. The topological polar surface area (TPSA) is 72.8 Å². The number of allylic oxidation sites excluding steroid dienone is 22. The molecule has 0 amide bonds. The van der Waals surface area contributed by atoms with Crippen LogP contribution in [0.5, 0.6) is 0 Å². The SMILES string of the molecule is CC/C=C\C/C=C\C/C=C\C/C=C\C/C=C\C/C=C\C/C=C\C/C=C\C/C=C\CCCCCCCCCCCCCCCC(=O)OC(CO)COC(=O)CCCCCCCCCCCCCCCCCCCCCCCCCCCCC/C=C\C/C=C\CCCCCCC. The Labute approximate surface area is 585 Å². The highest BCUT2D eigenvalue weighted by Crippen LogP contribution is 2.19. The van der Waals surface area contributed by atoms with Gasteiger partial charge in [0.1, 0.15) is 6.61 Å². The summed E-state index contributed by atoms with van der Waals surface area (Å²) in [7, 11) is 0. The molecule has 0 aromatic heterocycles. The molecule has 5 nitrogen and oxygen atoms in total. The van der Waals surface area contributed by atoms with Gasteiger partial charge < -0.3 is 14.6 Å². The smallest absolute Gasteiger partial charge is 0.306 e. The van der Waals surface area contributed by atoms with Gasteiger partial charge in [-0.25, -0.2) is 0 Å². The second-order valence-corrected chi connectivity index (χ2v) is 27.1. The van der Waals surface area contributed by atoms with Crippen molar-refractivity contribution in [3.05, 3.63) is 134 Å². The van der Waals surface area contributed by atoms with Crippen molar-refractivity contribution in [3.63, 3.8) is 0 Å². The van der Waals surface area contributed by atoms with Crippen LogP contribution in [0.25, 0.3) is 0 Å². The van der Waals surface area contributed by atoms with E-state index >= 15 is 0 Å². The molecular formula is C89H154O5. The van der Waals surface area contributed by atoms with Gasteiger partial charge in [0.05, 0.1) is 6.61 Å². The van der Waals surface area contributed by atoms with Gasteiger partial charge in [-0.3, -0.25) is 9.59 Å². The molecule has 0 fully saturated rings. The van der Waals surface area contributed by atoms with Crippen LogP contribution in [0.1, 0.15) is 399 Å². The first-order valence-corrected chi connectivity index (χ1v) is 40.7. The zero-order chi connectivity index (χ0) is 67.5. The average Bonchev–Trinajstić information content (AvgIpc) is 3.77. The lowest BCUT2D eigenvalue weighted by Crippen LogP contribution is -2.28. The zero-order valence-corrected chi connectivity index (χ0v) is 62.2. The van der Waals surface area contributed by atoms with Gasteiger partial charge in [-0.15, -0.1) is 0 Å². The number of aliphatic hydroxyl groups is 1. The predicted octanol–water partition coefficient (Wildman–Crippen LogP) is 29.0. The van der Waals surface area contributed by atoms with E-state index in [2.05, 4.69) is 148 Å². The summed E-state index contributed by atoms with van der Waals surface area (Å²) in [5, 5.41) is 9.73. The second kappa shape index (κ2) is 83.3. The molecule has 0 aliphatic heterocycles. The maximum absolute atomic E-state index is 12.4. The van der Waals surface area contributed by atoms with E-state index in [0.717, 1.165) is 103 Å². The van der Waals surface area contributed by atoms with Crippen molar-refractivity contribution in [1.82, 2.24) is 0 Å². The molecule has 0 rings (SSSR count). The number of hydrogen-bond donors (Lipinski definition) is 1. The lowest BCUT2D eigenvalue weighted by Gasteiger charge is -2.15. The molecular weight excluding hydrogens is 1150 g/mol. The Bertz CT molecular complexity index is 1870. The maximum atomic E-state index is 12.4. The van der Waals surface area contributed by atoms with Crippen LogP contribution >= 0.6 is 0 Å². The fourth-order valence-electron chi connectivity index (χ4n) is 11.9. The number of aliphatic hydroxyl groups excluding tert-OH is 1. The van der Waals surface area contributed by atoms with Gasteiger partial charge in [-0.2, -0.15) is 0 Å². The van der Waals surface area contributed by atoms with E-state index in [1.54, 1.807) is 0 Å². The fourth-order valence-corrected chi connectivity index (χ4v) is 11.9. The van der Waals surface area contributed by atoms with Gasteiger partial charge in [0.25, 0.3) is 0 Å². The Hall–Kier alpha value is -3.96. The number of carbonyl (C=O) groups is 2. The van der Waals surface area contributed by atoms with E-state index in [-0.39, 0.29) is 25.2 Å². The van der Waals surface area contributed by atoms with E-state index in [9.17, 15) is 14.7 Å². The summed E-state index contributed by atoms with van der Waals surface area (Å²) in [6.07, 6.45) is 124. The molecule has 1 atom stereocenters. The summed E-state index contributed by atoms with van der Waals surface area (Å²) in [6.45, 7) is 4.05. The summed E-state index contributed by atoms with van der Waals surface area (Å²) in [5.74, 6) is -0.579. The van der Waals surface area contributed by atoms with Crippen LogP contribution in [0.3, 0.4) is 0 Å². The molecule has 0 bridgehead atoms. The normalized spacial score (nSPS) is 12.9. The Morgan fingerprint density at radius 1 is 0.255 bits per heavy atom. The van der Waals surface area contributed by atoms with Crippen LogP contribution in [0.4, 0.5) is 0 Å². The van der Waals surface area contributed by atoms with Gasteiger partial charge in [-0.05, 0) is 116 Å². The molecule has 1 unspecified atom stereocenters. The van der Waals surface area contributed by atoms with Crippen molar-refractivity contribution in [2.75, 3.05) is 13.2 Å². The maximum Gasteiger partial charge on any atom is 0.306 e. The number of esters is 2. The van der Waals surface area contributed by atoms with Crippen molar-refractivity contribution in [2.24, 2.45) is 0 Å². The van der Waals surface area contributed by atoms with Crippen LogP contribution in [0.15, 0.2) is 134 Å². The quantitative estimate of drug-likeness (QED) is 0.0373. The summed E-state index contributed by atoms with van der Waals surface area (Å²) < 4.78 is 10.8. The molecule has 1 N–H and O–H groups in total. The van der Waals surface area contributed by atoms with Crippen LogP contribution in [0.2, 0.25) is 0 Å². The molecule has 0 radical (unpaired) electrons. The Morgan fingerprint density at radius 3 is 0.691 bits per heavy atom. The molecule has 0 aliphatic rings. The lowest BCUT2D eigenvalue weighted by molar-refractivity contribution is -0.161. The van der Waals surface area contributed by atoms with E-state index in [4.69, 9.17) is 9.47 Å². The van der Waals surface area contributed by atoms with E-state index in [0.29, 0.717) is 12.8 Å². The summed E-state index contributed by atoms with van der Waals surface area (Å²) in [4.78, 5) is 24.7. The highest BCUT2D eigenvalue weighted by molar-refractivity contribution is 5.70. The second-order valence-electron chi connectivity index (χ2n) is 27.1. The third kappa shape index (κ3) is 80.5. The van der Waals surface area contributed by atoms with E-state index < -0.39 is 6.10 Å². The molecule has 0 spiro atoms. The minimum Gasteiger partial charge on any atom is -0.462 e. The Morgan fingerprint density at radius 2 is 0.457 bits per heavy atom.